The van der Waals surface area contributed by atoms with E-state index in [0.717, 1.165) is 28.8 Å². The highest BCUT2D eigenvalue weighted by Gasteiger charge is 2.08. The summed E-state index contributed by atoms with van der Waals surface area (Å²) < 4.78 is 10.7. The first-order valence-electron chi connectivity index (χ1n) is 9.16. The van der Waals surface area contributed by atoms with E-state index < -0.39 is 0 Å². The Labute approximate surface area is 188 Å². The zero-order valence-corrected chi connectivity index (χ0v) is 20.0. The van der Waals surface area contributed by atoms with Gasteiger partial charge in [-0.05, 0) is 18.9 Å². The third-order valence-electron chi connectivity index (χ3n) is 3.70. The van der Waals surface area contributed by atoms with Gasteiger partial charge in [-0.3, -0.25) is 0 Å². The molecule has 0 aliphatic carbocycles. The normalized spacial score (nSPS) is 11.2. The molecule has 0 aliphatic rings. The molecule has 9 heteroatoms. The number of hydrogen-bond acceptors (Lipinski definition) is 6. The first-order chi connectivity index (χ1) is 13.1. The lowest BCUT2D eigenvalue weighted by molar-refractivity contribution is 0.143. The van der Waals surface area contributed by atoms with Gasteiger partial charge in [0.05, 0.1) is 25.4 Å². The number of nitrogens with zero attached hydrogens (tertiary/aromatic N) is 3. The molecular formula is C19H30IN5O2S. The molecule has 0 amide bonds. The quantitative estimate of drug-likeness (QED) is 0.216. The summed E-state index contributed by atoms with van der Waals surface area (Å²) in [6.45, 7) is 9.23. The lowest BCUT2D eigenvalue weighted by Crippen LogP contribution is -2.36. The van der Waals surface area contributed by atoms with Crippen molar-refractivity contribution in [1.82, 2.24) is 20.6 Å². The van der Waals surface area contributed by atoms with Crippen molar-refractivity contribution in [2.45, 2.75) is 39.8 Å². The first kappa shape index (κ1) is 24.6. The molecule has 2 rings (SSSR count). The van der Waals surface area contributed by atoms with Crippen LogP contribution in [0.2, 0.25) is 0 Å². The highest BCUT2D eigenvalue weighted by atomic mass is 127. The van der Waals surface area contributed by atoms with Crippen LogP contribution in [0.25, 0.3) is 0 Å². The summed E-state index contributed by atoms with van der Waals surface area (Å²) in [6.07, 6.45) is 1.72. The van der Waals surface area contributed by atoms with Gasteiger partial charge in [0.1, 0.15) is 11.6 Å². The summed E-state index contributed by atoms with van der Waals surface area (Å²) in [7, 11) is 1.65. The first-order valence-corrected chi connectivity index (χ1v) is 10.0. The predicted octanol–water partition coefficient (Wildman–Crippen LogP) is 3.56. The minimum absolute atomic E-state index is 0. The molecule has 0 radical (unpaired) electrons. The Balaban J connectivity index is 0.00000392. The van der Waals surface area contributed by atoms with E-state index in [0.29, 0.717) is 38.1 Å². The van der Waals surface area contributed by atoms with Gasteiger partial charge in [0.15, 0.2) is 5.96 Å². The van der Waals surface area contributed by atoms with Crippen LogP contribution in [0.1, 0.15) is 43.0 Å². The number of aliphatic imine (C=N–C) groups is 1. The van der Waals surface area contributed by atoms with Crippen LogP contribution in [0.5, 0.6) is 5.88 Å². The second-order valence-electron chi connectivity index (χ2n) is 6.18. The molecule has 0 bridgehead atoms. The van der Waals surface area contributed by atoms with Crippen molar-refractivity contribution in [3.8, 4) is 5.88 Å². The lowest BCUT2D eigenvalue weighted by Gasteiger charge is -2.11. The highest BCUT2D eigenvalue weighted by Crippen LogP contribution is 2.18. The maximum absolute atomic E-state index is 5.67. The predicted molar refractivity (Wildman–Crippen MR) is 125 cm³/mol. The molecule has 156 valence electrons. The number of methoxy groups -OCH3 is 1. The van der Waals surface area contributed by atoms with E-state index in [4.69, 9.17) is 9.47 Å². The monoisotopic (exact) mass is 519 g/mol. The van der Waals surface area contributed by atoms with Crippen LogP contribution < -0.4 is 15.4 Å². The van der Waals surface area contributed by atoms with Crippen molar-refractivity contribution in [2.24, 2.45) is 4.99 Å². The Bertz CT molecular complexity index is 724. The SMILES string of the molecule is CCNC(=NCc1cccnc1OCCOC)NCc1nc(C(C)C)cs1.I. The molecular weight excluding hydrogens is 489 g/mol. The molecule has 2 heterocycles. The summed E-state index contributed by atoms with van der Waals surface area (Å²) in [5.74, 6) is 1.78. The Morgan fingerprint density at radius 2 is 2.11 bits per heavy atom. The molecule has 0 unspecified atom stereocenters. The number of nitrogens with one attached hydrogen (secondary N) is 2. The van der Waals surface area contributed by atoms with Crippen LogP contribution in [0.15, 0.2) is 28.7 Å². The Morgan fingerprint density at radius 3 is 2.79 bits per heavy atom. The van der Waals surface area contributed by atoms with E-state index in [1.807, 2.05) is 19.1 Å². The van der Waals surface area contributed by atoms with Crippen LogP contribution in [0.4, 0.5) is 0 Å². The molecule has 0 saturated carbocycles. The van der Waals surface area contributed by atoms with Gasteiger partial charge in [0.25, 0.3) is 0 Å². The molecule has 0 atom stereocenters. The fraction of sp³-hybridized carbons (Fsp3) is 0.526. The van der Waals surface area contributed by atoms with E-state index in [-0.39, 0.29) is 24.0 Å². The highest BCUT2D eigenvalue weighted by molar-refractivity contribution is 14.0. The second kappa shape index (κ2) is 13.7. The number of halogens is 1. The number of guanidine groups is 1. The largest absolute Gasteiger partial charge is 0.475 e. The number of pyridine rings is 1. The third-order valence-corrected chi connectivity index (χ3v) is 4.56. The zero-order chi connectivity index (χ0) is 19.5. The van der Waals surface area contributed by atoms with Gasteiger partial charge in [0, 0.05) is 30.8 Å². The summed E-state index contributed by atoms with van der Waals surface area (Å²) in [5.41, 5.74) is 2.06. The summed E-state index contributed by atoms with van der Waals surface area (Å²) in [5, 5.41) is 9.76. The van der Waals surface area contributed by atoms with E-state index >= 15 is 0 Å². The number of aromatic nitrogens is 2. The Morgan fingerprint density at radius 1 is 1.29 bits per heavy atom. The smallest absolute Gasteiger partial charge is 0.218 e. The van der Waals surface area contributed by atoms with Crippen LogP contribution >= 0.6 is 35.3 Å². The molecule has 7 nitrogen and oxygen atoms in total. The second-order valence-corrected chi connectivity index (χ2v) is 7.12. The molecule has 2 N–H and O–H groups in total. The molecule has 0 spiro atoms. The van der Waals surface area contributed by atoms with Crippen LogP contribution in [-0.2, 0) is 17.8 Å². The van der Waals surface area contributed by atoms with E-state index in [1.54, 1.807) is 24.6 Å². The molecule has 2 aromatic rings. The topological polar surface area (TPSA) is 80.7 Å². The molecule has 2 aromatic heterocycles. The average molecular weight is 519 g/mol. The van der Waals surface area contributed by atoms with Crippen molar-refractivity contribution >= 4 is 41.3 Å². The number of hydrogen-bond donors (Lipinski definition) is 2. The average Bonchev–Trinajstić information content (AvgIpc) is 3.14. The Hall–Kier alpha value is -1.46. The van der Waals surface area contributed by atoms with Gasteiger partial charge < -0.3 is 20.1 Å². The fourth-order valence-electron chi connectivity index (χ4n) is 2.23. The van der Waals surface area contributed by atoms with Gasteiger partial charge in [0.2, 0.25) is 5.88 Å². The van der Waals surface area contributed by atoms with E-state index in [1.165, 1.54) is 0 Å². The standard InChI is InChI=1S/C19H29N5O2S.HI/c1-5-20-19(23-12-17-24-16(13-27-17)14(2)3)22-11-15-7-6-8-21-18(15)26-10-9-25-4;/h6-8,13-14H,5,9-12H2,1-4H3,(H2,20,22,23);1H. The van der Waals surface area contributed by atoms with Crippen molar-refractivity contribution in [3.63, 3.8) is 0 Å². The van der Waals surface area contributed by atoms with E-state index in [2.05, 4.69) is 44.8 Å². The van der Waals surface area contributed by atoms with Gasteiger partial charge in [-0.2, -0.15) is 0 Å². The van der Waals surface area contributed by atoms with Crippen LogP contribution in [0.3, 0.4) is 0 Å². The van der Waals surface area contributed by atoms with Gasteiger partial charge in [-0.15, -0.1) is 35.3 Å². The zero-order valence-electron chi connectivity index (χ0n) is 16.9. The molecule has 0 aromatic carbocycles. The maximum Gasteiger partial charge on any atom is 0.218 e. The summed E-state index contributed by atoms with van der Waals surface area (Å²) >= 11 is 1.67. The summed E-state index contributed by atoms with van der Waals surface area (Å²) in [4.78, 5) is 13.6. The van der Waals surface area contributed by atoms with E-state index in [9.17, 15) is 0 Å². The molecule has 0 aliphatic heterocycles. The number of ether oxygens (including phenoxy) is 2. The van der Waals surface area contributed by atoms with Crippen molar-refractivity contribution in [3.05, 3.63) is 40.0 Å². The molecule has 0 fully saturated rings. The fourth-order valence-corrected chi connectivity index (χ4v) is 3.13. The number of thiazole rings is 1. The number of rotatable bonds is 10. The lowest BCUT2D eigenvalue weighted by atomic mass is 10.2. The van der Waals surface area contributed by atoms with Gasteiger partial charge in [-0.1, -0.05) is 19.9 Å². The van der Waals surface area contributed by atoms with Crippen molar-refractivity contribution in [1.29, 1.82) is 0 Å². The van der Waals surface area contributed by atoms with Crippen molar-refractivity contribution < 1.29 is 9.47 Å². The van der Waals surface area contributed by atoms with Gasteiger partial charge in [-0.25, -0.2) is 15.0 Å². The molecule has 28 heavy (non-hydrogen) atoms. The third kappa shape index (κ3) is 8.27. The Kier molecular flexibility index (Phi) is 12.0. The van der Waals surface area contributed by atoms with Crippen LogP contribution in [0, 0.1) is 0 Å². The van der Waals surface area contributed by atoms with Crippen molar-refractivity contribution in [2.75, 3.05) is 26.9 Å². The van der Waals surface area contributed by atoms with Crippen LogP contribution in [-0.4, -0.2) is 42.8 Å². The summed E-state index contributed by atoms with van der Waals surface area (Å²) in [6, 6.07) is 3.86. The maximum atomic E-state index is 5.67. The minimum atomic E-state index is 0. The minimum Gasteiger partial charge on any atom is -0.475 e. The van der Waals surface area contributed by atoms with Gasteiger partial charge >= 0.3 is 0 Å². The molecule has 0 saturated heterocycles.